The number of carbonyl (C=O) groups excluding carboxylic acids is 1. The second-order valence-corrected chi connectivity index (χ2v) is 7.37. The van der Waals surface area contributed by atoms with Crippen LogP contribution in [0.25, 0.3) is 16.7 Å². The third-order valence-corrected chi connectivity index (χ3v) is 5.35. The molecule has 9 heteroatoms. The lowest BCUT2D eigenvalue weighted by atomic mass is 10.1. The Morgan fingerprint density at radius 2 is 2.33 bits per heavy atom. The Labute approximate surface area is 173 Å². The van der Waals surface area contributed by atoms with Crippen LogP contribution in [0.1, 0.15) is 29.6 Å². The molecule has 1 aliphatic heterocycles. The van der Waals surface area contributed by atoms with Crippen LogP contribution in [0.2, 0.25) is 0 Å². The topological polar surface area (TPSA) is 112 Å². The van der Waals surface area contributed by atoms with E-state index in [1.807, 2.05) is 6.07 Å². The first kappa shape index (κ1) is 20.2. The van der Waals surface area contributed by atoms with Crippen LogP contribution < -0.4 is 21.2 Å². The van der Waals surface area contributed by atoms with E-state index in [9.17, 15) is 9.59 Å². The number of carbonyl (C=O) groups is 1. The lowest BCUT2D eigenvalue weighted by Crippen LogP contribution is -2.43. The fourth-order valence-electron chi connectivity index (χ4n) is 3.78. The van der Waals surface area contributed by atoms with Gasteiger partial charge in [-0.25, -0.2) is 4.57 Å². The van der Waals surface area contributed by atoms with Gasteiger partial charge < -0.3 is 20.5 Å². The van der Waals surface area contributed by atoms with E-state index in [1.54, 1.807) is 30.0 Å². The molecule has 0 aromatic carbocycles. The van der Waals surface area contributed by atoms with Crippen LogP contribution in [-0.2, 0) is 16.0 Å². The summed E-state index contributed by atoms with van der Waals surface area (Å²) in [7, 11) is 1.62. The van der Waals surface area contributed by atoms with Crippen molar-refractivity contribution in [2.45, 2.75) is 31.9 Å². The van der Waals surface area contributed by atoms with Crippen molar-refractivity contribution in [2.24, 2.45) is 0 Å². The SMILES string of the molecule is COCCC[n+]1c(N)c(C(=O)NC[C@@H]2CCCO2)cc2c(=O)n3ccccc3nc21. The lowest BCUT2D eigenvalue weighted by Gasteiger charge is -2.14. The fourth-order valence-corrected chi connectivity index (χ4v) is 3.78. The molecule has 1 fully saturated rings. The van der Waals surface area contributed by atoms with Crippen LogP contribution in [-0.4, -0.2) is 48.3 Å². The molecule has 1 aliphatic rings. The first-order chi connectivity index (χ1) is 14.6. The highest BCUT2D eigenvalue weighted by atomic mass is 16.5. The Kier molecular flexibility index (Phi) is 5.91. The van der Waals surface area contributed by atoms with Crippen LogP contribution in [0.15, 0.2) is 35.3 Å². The smallest absolute Gasteiger partial charge is 0.278 e. The zero-order valence-corrected chi connectivity index (χ0v) is 17.0. The van der Waals surface area contributed by atoms with Gasteiger partial charge in [0.15, 0.2) is 0 Å². The Bertz CT molecular complexity index is 1140. The van der Waals surface area contributed by atoms with E-state index in [-0.39, 0.29) is 29.0 Å². The maximum absolute atomic E-state index is 13.1. The van der Waals surface area contributed by atoms with Crippen LogP contribution in [0.3, 0.4) is 0 Å². The third kappa shape index (κ3) is 3.86. The molecule has 0 radical (unpaired) electrons. The van der Waals surface area contributed by atoms with Crippen molar-refractivity contribution in [1.29, 1.82) is 0 Å². The van der Waals surface area contributed by atoms with E-state index >= 15 is 0 Å². The first-order valence-electron chi connectivity index (χ1n) is 10.1. The van der Waals surface area contributed by atoms with E-state index in [1.165, 1.54) is 10.5 Å². The maximum Gasteiger partial charge on any atom is 0.278 e. The molecule has 3 aromatic heterocycles. The Hall–Kier alpha value is -3.04. The molecule has 4 rings (SSSR count). The van der Waals surface area contributed by atoms with Crippen molar-refractivity contribution in [3.05, 3.63) is 46.4 Å². The normalized spacial score (nSPS) is 16.4. The summed E-state index contributed by atoms with van der Waals surface area (Å²) in [6, 6.07) is 6.88. The van der Waals surface area contributed by atoms with E-state index in [2.05, 4.69) is 10.3 Å². The predicted molar refractivity (Wildman–Crippen MR) is 111 cm³/mol. The Morgan fingerprint density at radius 1 is 1.47 bits per heavy atom. The number of nitrogens with zero attached hydrogens (tertiary/aromatic N) is 3. The lowest BCUT2D eigenvalue weighted by molar-refractivity contribution is -0.659. The number of pyridine rings is 2. The van der Waals surface area contributed by atoms with Crippen LogP contribution >= 0.6 is 0 Å². The van der Waals surface area contributed by atoms with Gasteiger partial charge in [-0.15, -0.1) is 0 Å². The average Bonchev–Trinajstić information content (AvgIpc) is 3.27. The zero-order chi connectivity index (χ0) is 21.1. The number of nitrogens with one attached hydrogen (secondary N) is 1. The molecule has 1 atom stereocenters. The Balaban J connectivity index is 1.80. The number of ether oxygens (including phenoxy) is 2. The largest absolute Gasteiger partial charge is 0.385 e. The van der Waals surface area contributed by atoms with Gasteiger partial charge >= 0.3 is 0 Å². The van der Waals surface area contributed by atoms with Gasteiger partial charge in [0, 0.05) is 39.5 Å². The summed E-state index contributed by atoms with van der Waals surface area (Å²) in [6.45, 7) is 2.12. The minimum Gasteiger partial charge on any atom is -0.385 e. The van der Waals surface area contributed by atoms with Gasteiger partial charge in [-0.3, -0.25) is 14.0 Å². The molecule has 0 spiro atoms. The van der Waals surface area contributed by atoms with Gasteiger partial charge in [-0.05, 0) is 31.0 Å². The summed E-state index contributed by atoms with van der Waals surface area (Å²) in [5.41, 5.74) is 7.38. The Morgan fingerprint density at radius 3 is 3.10 bits per heavy atom. The molecular formula is C21H26N5O4+. The van der Waals surface area contributed by atoms with Gasteiger partial charge in [0.1, 0.15) is 10.9 Å². The van der Waals surface area contributed by atoms with Crippen molar-refractivity contribution < 1.29 is 18.8 Å². The van der Waals surface area contributed by atoms with Gasteiger partial charge in [-0.2, -0.15) is 0 Å². The summed E-state index contributed by atoms with van der Waals surface area (Å²) in [5.74, 6) is -0.0569. The number of amides is 1. The highest BCUT2D eigenvalue weighted by Crippen LogP contribution is 2.16. The summed E-state index contributed by atoms with van der Waals surface area (Å²) >= 11 is 0. The molecule has 0 unspecified atom stereocenters. The van der Waals surface area contributed by atoms with Crippen molar-refractivity contribution in [1.82, 2.24) is 14.7 Å². The van der Waals surface area contributed by atoms with Crippen LogP contribution in [0.4, 0.5) is 5.82 Å². The number of hydrogen-bond acceptors (Lipinski definition) is 6. The van der Waals surface area contributed by atoms with Crippen molar-refractivity contribution >= 4 is 28.4 Å². The highest BCUT2D eigenvalue weighted by molar-refractivity contribution is 6.00. The number of nitrogen functional groups attached to an aromatic ring is 1. The van der Waals surface area contributed by atoms with Crippen molar-refractivity contribution in [2.75, 3.05) is 32.6 Å². The molecule has 3 N–H and O–H groups in total. The van der Waals surface area contributed by atoms with Gasteiger partial charge in [0.25, 0.3) is 17.1 Å². The average molecular weight is 412 g/mol. The second kappa shape index (κ2) is 8.76. The summed E-state index contributed by atoms with van der Waals surface area (Å²) < 4.78 is 13.9. The van der Waals surface area contributed by atoms with Crippen LogP contribution in [0.5, 0.6) is 0 Å². The first-order valence-corrected chi connectivity index (χ1v) is 10.1. The summed E-state index contributed by atoms with van der Waals surface area (Å²) in [4.78, 5) is 30.7. The molecule has 0 saturated carbocycles. The molecule has 30 heavy (non-hydrogen) atoms. The number of anilines is 1. The fraction of sp³-hybridized carbons (Fsp3) is 0.429. The molecule has 9 nitrogen and oxygen atoms in total. The number of nitrogens with two attached hydrogens (primary N) is 1. The number of rotatable bonds is 7. The number of methoxy groups -OCH3 is 1. The molecular weight excluding hydrogens is 386 g/mol. The molecule has 1 saturated heterocycles. The zero-order valence-electron chi connectivity index (χ0n) is 17.0. The predicted octanol–water partition coefficient (Wildman–Crippen LogP) is 0.663. The number of hydrogen-bond donors (Lipinski definition) is 2. The van der Waals surface area contributed by atoms with Gasteiger partial charge in [0.2, 0.25) is 11.5 Å². The molecule has 0 aliphatic carbocycles. The summed E-state index contributed by atoms with van der Waals surface area (Å²) in [6.07, 6.45) is 4.25. The second-order valence-electron chi connectivity index (χ2n) is 7.37. The van der Waals surface area contributed by atoms with E-state index < -0.39 is 0 Å². The highest BCUT2D eigenvalue weighted by Gasteiger charge is 2.25. The summed E-state index contributed by atoms with van der Waals surface area (Å²) in [5, 5.41) is 3.23. The number of fused-ring (bicyclic) bond motifs is 2. The van der Waals surface area contributed by atoms with E-state index in [0.717, 1.165) is 12.8 Å². The molecule has 158 valence electrons. The standard InChI is InChI=1S/C21H25N5O4/c1-29-10-5-9-26-18(22)15(20(27)23-13-14-6-4-11-30-14)12-16-19(26)24-17-7-2-3-8-25(17)21(16)28/h2-3,7-8,12,14,22H,4-6,9-11,13H2,1H3,(H,23,27)/p+1/t14-/m0/s1. The quantitative estimate of drug-likeness (QED) is 0.335. The minimum absolute atomic E-state index is 0.0145. The van der Waals surface area contributed by atoms with Crippen molar-refractivity contribution in [3.8, 4) is 0 Å². The van der Waals surface area contributed by atoms with E-state index in [4.69, 9.17) is 15.2 Å². The molecule has 4 heterocycles. The molecule has 0 bridgehead atoms. The minimum atomic E-state index is -0.331. The maximum atomic E-state index is 13.1. The van der Waals surface area contributed by atoms with Crippen molar-refractivity contribution in [3.63, 3.8) is 0 Å². The van der Waals surface area contributed by atoms with Gasteiger partial charge in [0.05, 0.1) is 12.6 Å². The molecule has 3 aromatic rings. The number of aryl methyl sites for hydroxylation is 1. The number of aromatic nitrogens is 3. The monoisotopic (exact) mass is 412 g/mol. The van der Waals surface area contributed by atoms with E-state index in [0.29, 0.717) is 49.4 Å². The van der Waals surface area contributed by atoms with Gasteiger partial charge in [-0.1, -0.05) is 11.1 Å². The third-order valence-electron chi connectivity index (χ3n) is 5.35. The molecule has 1 amide bonds. The van der Waals surface area contributed by atoms with Crippen LogP contribution in [0, 0.1) is 0 Å².